The average Bonchev–Trinajstić information content (AvgIpc) is 2.81. The van der Waals surface area contributed by atoms with Gasteiger partial charge >= 0.3 is 0 Å². The quantitative estimate of drug-likeness (QED) is 0.772. The summed E-state index contributed by atoms with van der Waals surface area (Å²) in [5.74, 6) is 4.83. The minimum Gasteiger partial charge on any atom is -0.316 e. The van der Waals surface area contributed by atoms with Crippen LogP contribution < -0.4 is 5.32 Å². The Kier molecular flexibility index (Phi) is 3.70. The van der Waals surface area contributed by atoms with Crippen LogP contribution in [-0.4, -0.2) is 24.6 Å². The van der Waals surface area contributed by atoms with E-state index in [-0.39, 0.29) is 0 Å². The van der Waals surface area contributed by atoms with Crippen molar-refractivity contribution < 1.29 is 0 Å². The van der Waals surface area contributed by atoms with Crippen molar-refractivity contribution in [2.45, 2.75) is 52.4 Å². The molecule has 3 rings (SSSR count). The second-order valence-corrected chi connectivity index (χ2v) is 8.79. The largest absolute Gasteiger partial charge is 0.316 e. The summed E-state index contributed by atoms with van der Waals surface area (Å²) in [5.41, 5.74) is 1.24. The summed E-state index contributed by atoms with van der Waals surface area (Å²) in [4.78, 5) is 0. The summed E-state index contributed by atoms with van der Waals surface area (Å²) >= 11 is 2.24. The van der Waals surface area contributed by atoms with Crippen LogP contribution in [0.4, 0.5) is 0 Å². The van der Waals surface area contributed by atoms with Gasteiger partial charge in [0.1, 0.15) is 0 Å². The summed E-state index contributed by atoms with van der Waals surface area (Å²) in [6.45, 7) is 7.56. The summed E-state index contributed by atoms with van der Waals surface area (Å²) < 4.78 is 0. The van der Waals surface area contributed by atoms with Crippen LogP contribution in [0.2, 0.25) is 0 Å². The third-order valence-electron chi connectivity index (χ3n) is 5.63. The van der Waals surface area contributed by atoms with Gasteiger partial charge < -0.3 is 5.32 Å². The van der Waals surface area contributed by atoms with Gasteiger partial charge in [-0.2, -0.15) is 11.8 Å². The highest BCUT2D eigenvalue weighted by Crippen LogP contribution is 2.55. The minimum absolute atomic E-state index is 0.567. The Bertz CT molecular complexity index is 291. The maximum atomic E-state index is 3.70. The van der Waals surface area contributed by atoms with Crippen molar-refractivity contribution in [3.05, 3.63) is 0 Å². The smallest absolute Gasteiger partial charge is 0.000668 e. The van der Waals surface area contributed by atoms with Crippen molar-refractivity contribution in [3.63, 3.8) is 0 Å². The van der Waals surface area contributed by atoms with E-state index in [1.807, 2.05) is 0 Å². The minimum atomic E-state index is 0.567. The maximum absolute atomic E-state index is 3.70. The molecular weight excluding hydrogens is 238 g/mol. The van der Waals surface area contributed by atoms with E-state index in [9.17, 15) is 0 Å². The molecule has 2 heteroatoms. The molecule has 0 aromatic rings. The summed E-state index contributed by atoms with van der Waals surface area (Å²) in [5, 5.41) is 3.70. The van der Waals surface area contributed by atoms with Crippen LogP contribution >= 0.6 is 11.8 Å². The molecule has 0 bridgehead atoms. The Morgan fingerprint density at radius 3 is 2.61 bits per heavy atom. The van der Waals surface area contributed by atoms with Gasteiger partial charge in [0, 0.05) is 0 Å². The molecule has 2 aliphatic heterocycles. The summed E-state index contributed by atoms with van der Waals surface area (Å²) in [6, 6.07) is 0. The van der Waals surface area contributed by atoms with Crippen LogP contribution in [-0.2, 0) is 0 Å². The monoisotopic (exact) mass is 267 g/mol. The Morgan fingerprint density at radius 2 is 1.89 bits per heavy atom. The van der Waals surface area contributed by atoms with E-state index in [0.29, 0.717) is 10.8 Å². The van der Waals surface area contributed by atoms with E-state index in [0.717, 1.165) is 11.8 Å². The second-order valence-electron chi connectivity index (χ2n) is 7.80. The molecule has 104 valence electrons. The zero-order valence-electron chi connectivity index (χ0n) is 12.1. The van der Waals surface area contributed by atoms with Gasteiger partial charge in [-0.3, -0.25) is 0 Å². The molecule has 1 N–H and O–H groups in total. The van der Waals surface area contributed by atoms with Gasteiger partial charge in [-0.25, -0.2) is 0 Å². The average molecular weight is 267 g/mol. The Balaban J connectivity index is 1.81. The zero-order valence-corrected chi connectivity index (χ0v) is 13.0. The van der Waals surface area contributed by atoms with E-state index in [2.05, 4.69) is 30.9 Å². The number of rotatable bonds is 1. The first-order chi connectivity index (χ1) is 8.61. The van der Waals surface area contributed by atoms with Gasteiger partial charge in [0.2, 0.25) is 0 Å². The van der Waals surface area contributed by atoms with Crippen LogP contribution in [0, 0.1) is 22.7 Å². The van der Waals surface area contributed by atoms with Crippen molar-refractivity contribution in [3.8, 4) is 0 Å². The molecule has 3 fully saturated rings. The first-order valence-electron chi connectivity index (χ1n) is 7.90. The lowest BCUT2D eigenvalue weighted by Crippen LogP contribution is -2.53. The molecule has 2 heterocycles. The summed E-state index contributed by atoms with van der Waals surface area (Å²) in [7, 11) is 0. The van der Waals surface area contributed by atoms with Crippen molar-refractivity contribution in [2.24, 2.45) is 22.7 Å². The molecule has 1 saturated carbocycles. The third-order valence-corrected chi connectivity index (χ3v) is 7.40. The van der Waals surface area contributed by atoms with Crippen molar-refractivity contribution in [1.29, 1.82) is 0 Å². The molecule has 2 atom stereocenters. The molecule has 1 aliphatic carbocycles. The predicted octanol–water partition coefficient (Wildman–Crippen LogP) is 3.94. The van der Waals surface area contributed by atoms with Gasteiger partial charge in [-0.15, -0.1) is 0 Å². The number of nitrogens with one attached hydrogen (secondary N) is 1. The molecule has 0 aromatic carbocycles. The van der Waals surface area contributed by atoms with Crippen LogP contribution in [0.1, 0.15) is 52.4 Å². The highest BCUT2D eigenvalue weighted by atomic mass is 32.2. The van der Waals surface area contributed by atoms with E-state index < -0.39 is 0 Å². The Morgan fingerprint density at radius 1 is 1.11 bits per heavy atom. The Labute approximate surface area is 117 Å². The molecule has 2 unspecified atom stereocenters. The molecule has 0 radical (unpaired) electrons. The van der Waals surface area contributed by atoms with Crippen LogP contribution in [0.15, 0.2) is 0 Å². The van der Waals surface area contributed by atoms with Crippen LogP contribution in [0.25, 0.3) is 0 Å². The molecule has 1 nitrogen and oxygen atoms in total. The SMILES string of the molecule is CC1(C)CSCC2(CCNCC2C2CCCC2)C1. The van der Waals surface area contributed by atoms with Crippen LogP contribution in [0.3, 0.4) is 0 Å². The maximum Gasteiger partial charge on any atom is -0.000668 e. The molecule has 1 spiro atoms. The van der Waals surface area contributed by atoms with Crippen molar-refractivity contribution in [2.75, 3.05) is 24.6 Å². The lowest BCUT2D eigenvalue weighted by Gasteiger charge is -2.53. The van der Waals surface area contributed by atoms with E-state index in [4.69, 9.17) is 0 Å². The lowest BCUT2D eigenvalue weighted by molar-refractivity contribution is 0.0372. The molecule has 18 heavy (non-hydrogen) atoms. The van der Waals surface area contributed by atoms with E-state index in [1.165, 1.54) is 63.1 Å². The topological polar surface area (TPSA) is 12.0 Å². The number of hydrogen-bond acceptors (Lipinski definition) is 2. The van der Waals surface area contributed by atoms with Gasteiger partial charge in [0.05, 0.1) is 0 Å². The standard InChI is InChI=1S/C16H29NS/c1-15(2)10-16(12-18-11-15)7-8-17-9-14(16)13-5-3-4-6-13/h13-14,17H,3-12H2,1-2H3. The van der Waals surface area contributed by atoms with Gasteiger partial charge in [-0.05, 0) is 60.1 Å². The predicted molar refractivity (Wildman–Crippen MR) is 81.1 cm³/mol. The highest BCUT2D eigenvalue weighted by molar-refractivity contribution is 7.99. The normalized spacial score (nSPS) is 41.3. The number of thioether (sulfide) groups is 1. The summed E-state index contributed by atoms with van der Waals surface area (Å²) in [6.07, 6.45) is 8.93. The highest BCUT2D eigenvalue weighted by Gasteiger charge is 2.49. The first kappa shape index (κ1) is 13.3. The number of piperidine rings is 1. The van der Waals surface area contributed by atoms with E-state index in [1.54, 1.807) is 0 Å². The van der Waals surface area contributed by atoms with Crippen molar-refractivity contribution in [1.82, 2.24) is 5.32 Å². The van der Waals surface area contributed by atoms with Crippen LogP contribution in [0.5, 0.6) is 0 Å². The third kappa shape index (κ3) is 2.47. The van der Waals surface area contributed by atoms with E-state index >= 15 is 0 Å². The number of hydrogen-bond donors (Lipinski definition) is 1. The molecule has 0 aromatic heterocycles. The molecular formula is C16H29NS. The molecule has 0 amide bonds. The fraction of sp³-hybridized carbons (Fsp3) is 1.00. The Hall–Kier alpha value is 0.310. The van der Waals surface area contributed by atoms with Crippen molar-refractivity contribution >= 4 is 11.8 Å². The van der Waals surface area contributed by atoms with Gasteiger partial charge in [-0.1, -0.05) is 39.5 Å². The second kappa shape index (κ2) is 5.01. The fourth-order valence-corrected chi connectivity index (χ4v) is 6.63. The zero-order chi connectivity index (χ0) is 12.6. The molecule has 3 aliphatic rings. The van der Waals surface area contributed by atoms with Gasteiger partial charge in [0.15, 0.2) is 0 Å². The fourth-order valence-electron chi connectivity index (χ4n) is 5.01. The first-order valence-corrected chi connectivity index (χ1v) is 9.05. The van der Waals surface area contributed by atoms with Gasteiger partial charge in [0.25, 0.3) is 0 Å². The lowest BCUT2D eigenvalue weighted by atomic mass is 9.60. The molecule has 2 saturated heterocycles.